The SMILES string of the molecule is C[C@H](OC(C)(C)C)C1CN(C)[C@@H](C)CN1Cc1ccccn1. The highest BCUT2D eigenvalue weighted by atomic mass is 16.5. The Kier molecular flexibility index (Phi) is 5.59. The van der Waals surface area contributed by atoms with Crippen LogP contribution in [0.2, 0.25) is 0 Å². The molecule has 4 nitrogen and oxygen atoms in total. The van der Waals surface area contributed by atoms with Crippen molar-refractivity contribution in [3.05, 3.63) is 30.1 Å². The summed E-state index contributed by atoms with van der Waals surface area (Å²) in [4.78, 5) is 9.45. The lowest BCUT2D eigenvalue weighted by molar-refractivity contribution is -0.108. The molecule has 0 aliphatic carbocycles. The summed E-state index contributed by atoms with van der Waals surface area (Å²) in [6, 6.07) is 7.09. The van der Waals surface area contributed by atoms with Gasteiger partial charge in [-0.3, -0.25) is 9.88 Å². The average Bonchev–Trinajstić information content (AvgIpc) is 2.42. The summed E-state index contributed by atoms with van der Waals surface area (Å²) in [5.74, 6) is 0. The average molecular weight is 305 g/mol. The molecule has 2 rings (SSSR count). The first kappa shape index (κ1) is 17.4. The van der Waals surface area contributed by atoms with Gasteiger partial charge in [-0.05, 0) is 53.8 Å². The van der Waals surface area contributed by atoms with E-state index in [1.54, 1.807) is 0 Å². The zero-order chi connectivity index (χ0) is 16.3. The zero-order valence-electron chi connectivity index (χ0n) is 14.9. The molecule has 1 saturated heterocycles. The Bertz CT molecular complexity index is 457. The Morgan fingerprint density at radius 2 is 2.05 bits per heavy atom. The molecule has 1 aliphatic rings. The van der Waals surface area contributed by atoms with Crippen LogP contribution in [0.25, 0.3) is 0 Å². The van der Waals surface area contributed by atoms with E-state index < -0.39 is 0 Å². The summed E-state index contributed by atoms with van der Waals surface area (Å²) in [5, 5.41) is 0. The molecule has 0 aromatic carbocycles. The summed E-state index contributed by atoms with van der Waals surface area (Å²) in [6.07, 6.45) is 2.07. The fourth-order valence-electron chi connectivity index (χ4n) is 3.17. The molecule has 0 bridgehead atoms. The smallest absolute Gasteiger partial charge is 0.0721 e. The topological polar surface area (TPSA) is 28.6 Å². The number of piperazine rings is 1. The number of likely N-dealkylation sites (N-methyl/N-ethyl adjacent to an activating group) is 1. The Hall–Kier alpha value is -0.970. The molecule has 4 heteroatoms. The van der Waals surface area contributed by atoms with Crippen molar-refractivity contribution in [3.63, 3.8) is 0 Å². The minimum Gasteiger partial charge on any atom is -0.371 e. The predicted molar refractivity (Wildman–Crippen MR) is 90.8 cm³/mol. The lowest BCUT2D eigenvalue weighted by atomic mass is 10.0. The van der Waals surface area contributed by atoms with Crippen LogP contribution in [0, 0.1) is 0 Å². The van der Waals surface area contributed by atoms with Gasteiger partial charge in [-0.1, -0.05) is 6.07 Å². The van der Waals surface area contributed by atoms with Crippen LogP contribution >= 0.6 is 0 Å². The van der Waals surface area contributed by atoms with Crippen LogP contribution in [0.4, 0.5) is 0 Å². The highest BCUT2D eigenvalue weighted by Crippen LogP contribution is 2.23. The Morgan fingerprint density at radius 3 is 2.64 bits per heavy atom. The summed E-state index contributed by atoms with van der Waals surface area (Å²) >= 11 is 0. The van der Waals surface area contributed by atoms with Crippen molar-refractivity contribution in [3.8, 4) is 0 Å². The summed E-state index contributed by atoms with van der Waals surface area (Å²) in [5.41, 5.74) is 1.02. The van der Waals surface area contributed by atoms with Gasteiger partial charge in [-0.15, -0.1) is 0 Å². The third-order valence-electron chi connectivity index (χ3n) is 4.37. The van der Waals surface area contributed by atoms with E-state index in [0.717, 1.165) is 25.3 Å². The van der Waals surface area contributed by atoms with Crippen LogP contribution in [0.1, 0.15) is 40.3 Å². The van der Waals surface area contributed by atoms with Crippen molar-refractivity contribution in [2.45, 2.75) is 65.0 Å². The van der Waals surface area contributed by atoms with E-state index in [4.69, 9.17) is 4.74 Å². The maximum absolute atomic E-state index is 6.24. The minimum atomic E-state index is -0.113. The summed E-state index contributed by atoms with van der Waals surface area (Å²) in [6.45, 7) is 13.8. The van der Waals surface area contributed by atoms with E-state index in [9.17, 15) is 0 Å². The summed E-state index contributed by atoms with van der Waals surface area (Å²) in [7, 11) is 2.21. The second-order valence-electron chi connectivity index (χ2n) is 7.54. The number of pyridine rings is 1. The van der Waals surface area contributed by atoms with Gasteiger partial charge in [0.05, 0.1) is 17.4 Å². The third kappa shape index (κ3) is 4.77. The molecule has 3 atom stereocenters. The van der Waals surface area contributed by atoms with Gasteiger partial charge in [0, 0.05) is 37.9 Å². The van der Waals surface area contributed by atoms with Crippen LogP contribution in [-0.2, 0) is 11.3 Å². The van der Waals surface area contributed by atoms with E-state index in [1.807, 2.05) is 12.3 Å². The van der Waals surface area contributed by atoms with Crippen molar-refractivity contribution in [2.24, 2.45) is 0 Å². The Balaban J connectivity index is 2.11. The number of nitrogens with zero attached hydrogens (tertiary/aromatic N) is 3. The van der Waals surface area contributed by atoms with E-state index in [1.165, 1.54) is 0 Å². The van der Waals surface area contributed by atoms with Gasteiger partial charge in [0.1, 0.15) is 0 Å². The summed E-state index contributed by atoms with van der Waals surface area (Å²) < 4.78 is 6.24. The van der Waals surface area contributed by atoms with E-state index in [0.29, 0.717) is 12.1 Å². The van der Waals surface area contributed by atoms with Gasteiger partial charge >= 0.3 is 0 Å². The first-order valence-corrected chi connectivity index (χ1v) is 8.28. The molecule has 0 amide bonds. The van der Waals surface area contributed by atoms with Crippen molar-refractivity contribution in [1.82, 2.24) is 14.8 Å². The fourth-order valence-corrected chi connectivity index (χ4v) is 3.17. The van der Waals surface area contributed by atoms with Crippen LogP contribution in [0.15, 0.2) is 24.4 Å². The monoisotopic (exact) mass is 305 g/mol. The van der Waals surface area contributed by atoms with Gasteiger partial charge in [-0.2, -0.15) is 0 Å². The molecule has 0 spiro atoms. The van der Waals surface area contributed by atoms with Gasteiger partial charge in [0.15, 0.2) is 0 Å². The predicted octanol–water partition coefficient (Wildman–Crippen LogP) is 2.79. The quantitative estimate of drug-likeness (QED) is 0.855. The standard InChI is InChI=1S/C18H31N3O/c1-14-11-21(12-16-9-7-8-10-19-16)17(13-20(14)6)15(2)22-18(3,4)5/h7-10,14-15,17H,11-13H2,1-6H3/t14-,15-,17?/m0/s1. The van der Waals surface area contributed by atoms with Gasteiger partial charge in [0.2, 0.25) is 0 Å². The molecule has 124 valence electrons. The van der Waals surface area contributed by atoms with Crippen LogP contribution in [0.3, 0.4) is 0 Å². The number of hydrogen-bond donors (Lipinski definition) is 0. The van der Waals surface area contributed by atoms with Crippen LogP contribution in [-0.4, -0.2) is 58.7 Å². The molecule has 0 N–H and O–H groups in total. The molecular weight excluding hydrogens is 274 g/mol. The first-order valence-electron chi connectivity index (χ1n) is 8.28. The molecule has 0 radical (unpaired) electrons. The normalized spacial score (nSPS) is 26.1. The van der Waals surface area contributed by atoms with E-state index in [-0.39, 0.29) is 11.7 Å². The van der Waals surface area contributed by atoms with Crippen LogP contribution < -0.4 is 0 Å². The third-order valence-corrected chi connectivity index (χ3v) is 4.37. The molecule has 1 unspecified atom stereocenters. The highest BCUT2D eigenvalue weighted by Gasteiger charge is 2.35. The lowest BCUT2D eigenvalue weighted by Gasteiger charge is -2.46. The van der Waals surface area contributed by atoms with Crippen molar-refractivity contribution in [1.29, 1.82) is 0 Å². The van der Waals surface area contributed by atoms with Gasteiger partial charge in [-0.25, -0.2) is 0 Å². The molecule has 1 aromatic rings. The largest absolute Gasteiger partial charge is 0.371 e. The number of rotatable bonds is 4. The minimum absolute atomic E-state index is 0.113. The fraction of sp³-hybridized carbons (Fsp3) is 0.722. The van der Waals surface area contributed by atoms with Crippen molar-refractivity contribution >= 4 is 0 Å². The highest BCUT2D eigenvalue weighted by molar-refractivity contribution is 5.04. The Labute approximate surface area is 135 Å². The Morgan fingerprint density at radius 1 is 1.32 bits per heavy atom. The molecule has 2 heterocycles. The van der Waals surface area contributed by atoms with E-state index in [2.05, 4.69) is 68.6 Å². The van der Waals surface area contributed by atoms with Gasteiger partial charge in [0.25, 0.3) is 0 Å². The molecule has 1 aromatic heterocycles. The maximum Gasteiger partial charge on any atom is 0.0721 e. The second-order valence-corrected chi connectivity index (χ2v) is 7.54. The number of aromatic nitrogens is 1. The molecule has 22 heavy (non-hydrogen) atoms. The number of ether oxygens (including phenoxy) is 1. The maximum atomic E-state index is 6.24. The molecule has 1 fully saturated rings. The lowest BCUT2D eigenvalue weighted by Crippen LogP contribution is -2.60. The zero-order valence-corrected chi connectivity index (χ0v) is 14.9. The van der Waals surface area contributed by atoms with Crippen LogP contribution in [0.5, 0.6) is 0 Å². The molecular formula is C18H31N3O. The molecule has 0 saturated carbocycles. The van der Waals surface area contributed by atoms with E-state index >= 15 is 0 Å². The first-order chi connectivity index (χ1) is 10.3. The molecule has 1 aliphatic heterocycles. The second kappa shape index (κ2) is 7.07. The van der Waals surface area contributed by atoms with Gasteiger partial charge < -0.3 is 9.64 Å². The number of hydrogen-bond acceptors (Lipinski definition) is 4. The van der Waals surface area contributed by atoms with Crippen molar-refractivity contribution < 1.29 is 4.74 Å². The van der Waals surface area contributed by atoms with Crippen molar-refractivity contribution in [2.75, 3.05) is 20.1 Å².